The summed E-state index contributed by atoms with van der Waals surface area (Å²) in [5.41, 5.74) is 2.59. The van der Waals surface area contributed by atoms with Gasteiger partial charge < -0.3 is 0 Å². The molecule has 2 aromatic rings. The van der Waals surface area contributed by atoms with E-state index in [1.54, 1.807) is 6.92 Å². The highest BCUT2D eigenvalue weighted by atomic mass is 32.2. The van der Waals surface area contributed by atoms with Crippen LogP contribution >= 0.6 is 11.8 Å². The van der Waals surface area contributed by atoms with Gasteiger partial charge >= 0.3 is 0 Å². The third kappa shape index (κ3) is 4.25. The van der Waals surface area contributed by atoms with E-state index in [2.05, 4.69) is 48.5 Å². The molecule has 0 aliphatic carbocycles. The van der Waals surface area contributed by atoms with E-state index in [0.29, 0.717) is 11.7 Å². The van der Waals surface area contributed by atoms with Crippen LogP contribution in [0.15, 0.2) is 60.7 Å². The van der Waals surface area contributed by atoms with Crippen molar-refractivity contribution in [2.45, 2.75) is 18.6 Å². The number of Topliss-reactive ketones (excluding diaryl/α,β-unsaturated/α-hetero) is 1. The second kappa shape index (κ2) is 7.15. The van der Waals surface area contributed by atoms with Gasteiger partial charge in [0, 0.05) is 12.2 Å². The summed E-state index contributed by atoms with van der Waals surface area (Å²) >= 11 is 1.84. The molecule has 0 fully saturated rings. The molecule has 0 aliphatic heterocycles. The fourth-order valence-electron chi connectivity index (χ4n) is 1.96. The molecule has 2 aromatic carbocycles. The highest BCUT2D eigenvalue weighted by Crippen LogP contribution is 2.35. The highest BCUT2D eigenvalue weighted by molar-refractivity contribution is 7.99. The van der Waals surface area contributed by atoms with Crippen LogP contribution in [0.25, 0.3) is 0 Å². The van der Waals surface area contributed by atoms with Crippen LogP contribution in [-0.2, 0) is 4.79 Å². The van der Waals surface area contributed by atoms with E-state index >= 15 is 0 Å². The quantitative estimate of drug-likeness (QED) is 0.769. The van der Waals surface area contributed by atoms with Crippen molar-refractivity contribution in [3.8, 4) is 0 Å². The van der Waals surface area contributed by atoms with Gasteiger partial charge in [0.25, 0.3) is 0 Å². The number of hydrogen-bond donors (Lipinski definition) is 0. The van der Waals surface area contributed by atoms with Gasteiger partial charge in [-0.15, -0.1) is 11.8 Å². The van der Waals surface area contributed by atoms with Gasteiger partial charge in [-0.3, -0.25) is 4.79 Å². The maximum absolute atomic E-state index is 11.1. The minimum absolute atomic E-state index is 0.257. The van der Waals surface area contributed by atoms with E-state index < -0.39 is 0 Å². The van der Waals surface area contributed by atoms with Crippen molar-refractivity contribution < 1.29 is 4.79 Å². The lowest BCUT2D eigenvalue weighted by molar-refractivity contribution is -0.116. The Morgan fingerprint density at radius 2 is 1.42 bits per heavy atom. The topological polar surface area (TPSA) is 17.1 Å². The van der Waals surface area contributed by atoms with Crippen LogP contribution in [0.1, 0.15) is 29.7 Å². The molecule has 0 amide bonds. The van der Waals surface area contributed by atoms with Gasteiger partial charge in [0.15, 0.2) is 0 Å². The number of carbonyl (C=O) groups excluding carboxylic acids is 1. The lowest BCUT2D eigenvalue weighted by Gasteiger charge is -2.17. The number of rotatable bonds is 6. The standard InChI is InChI=1S/C17H18OS/c1-14(18)12-13-19-17(15-8-4-2-5-9-15)16-10-6-3-7-11-16/h2-11,17H,12-13H2,1H3. The van der Waals surface area contributed by atoms with Crippen molar-refractivity contribution in [3.63, 3.8) is 0 Å². The van der Waals surface area contributed by atoms with Crippen LogP contribution < -0.4 is 0 Å². The third-order valence-corrected chi connectivity index (χ3v) is 4.26. The van der Waals surface area contributed by atoms with Crippen molar-refractivity contribution in [2.75, 3.05) is 5.75 Å². The van der Waals surface area contributed by atoms with E-state index in [4.69, 9.17) is 0 Å². The van der Waals surface area contributed by atoms with E-state index in [0.717, 1.165) is 5.75 Å². The Hall–Kier alpha value is -1.54. The first-order valence-electron chi connectivity index (χ1n) is 6.48. The van der Waals surface area contributed by atoms with E-state index in [-0.39, 0.29) is 5.78 Å². The fourth-order valence-corrected chi connectivity index (χ4v) is 3.30. The molecule has 0 unspecified atom stereocenters. The molecule has 0 aliphatic rings. The van der Waals surface area contributed by atoms with E-state index in [9.17, 15) is 4.79 Å². The average Bonchev–Trinajstić information content (AvgIpc) is 2.45. The van der Waals surface area contributed by atoms with Gasteiger partial charge in [0.1, 0.15) is 5.78 Å². The average molecular weight is 270 g/mol. The Balaban J connectivity index is 2.17. The maximum atomic E-state index is 11.1. The first-order chi connectivity index (χ1) is 9.27. The Bertz CT molecular complexity index is 468. The Morgan fingerprint density at radius 1 is 0.947 bits per heavy atom. The Kier molecular flexibility index (Phi) is 5.22. The summed E-state index contributed by atoms with van der Waals surface area (Å²) in [6.07, 6.45) is 0.640. The van der Waals surface area contributed by atoms with Crippen LogP contribution in [0.5, 0.6) is 0 Å². The summed E-state index contributed by atoms with van der Waals surface area (Å²) in [6, 6.07) is 20.9. The SMILES string of the molecule is CC(=O)CCSC(c1ccccc1)c1ccccc1. The van der Waals surface area contributed by atoms with E-state index in [1.807, 2.05) is 23.9 Å². The molecule has 2 rings (SSSR count). The number of hydrogen-bond acceptors (Lipinski definition) is 2. The first kappa shape index (κ1) is 13.9. The molecule has 0 spiro atoms. The first-order valence-corrected chi connectivity index (χ1v) is 7.53. The second-order valence-electron chi connectivity index (χ2n) is 4.52. The van der Waals surface area contributed by atoms with Gasteiger partial charge in [-0.1, -0.05) is 60.7 Å². The molecule has 0 N–H and O–H groups in total. The smallest absolute Gasteiger partial charge is 0.130 e. The van der Waals surface area contributed by atoms with Crippen molar-refractivity contribution in [1.29, 1.82) is 0 Å². The van der Waals surface area contributed by atoms with Crippen LogP contribution in [0.4, 0.5) is 0 Å². The fraction of sp³-hybridized carbons (Fsp3) is 0.235. The van der Waals surface area contributed by atoms with Crippen LogP contribution in [0.3, 0.4) is 0 Å². The van der Waals surface area contributed by atoms with Crippen molar-refractivity contribution >= 4 is 17.5 Å². The molecule has 19 heavy (non-hydrogen) atoms. The molecule has 0 radical (unpaired) electrons. The minimum atomic E-state index is 0.257. The summed E-state index contributed by atoms with van der Waals surface area (Å²) in [7, 11) is 0. The molecule has 0 aromatic heterocycles. The Morgan fingerprint density at radius 3 is 1.84 bits per heavy atom. The van der Waals surface area contributed by atoms with Crippen LogP contribution in [-0.4, -0.2) is 11.5 Å². The van der Waals surface area contributed by atoms with Crippen LogP contribution in [0.2, 0.25) is 0 Å². The largest absolute Gasteiger partial charge is 0.300 e. The predicted molar refractivity (Wildman–Crippen MR) is 82.5 cm³/mol. The molecular weight excluding hydrogens is 252 g/mol. The summed E-state index contributed by atoms with van der Waals surface area (Å²) in [5.74, 6) is 1.12. The van der Waals surface area contributed by atoms with Crippen molar-refractivity contribution in [3.05, 3.63) is 71.8 Å². The zero-order valence-electron chi connectivity index (χ0n) is 11.1. The second-order valence-corrected chi connectivity index (χ2v) is 5.74. The predicted octanol–water partition coefficient (Wildman–Crippen LogP) is 4.49. The van der Waals surface area contributed by atoms with Gasteiger partial charge in [-0.05, 0) is 18.1 Å². The summed E-state index contributed by atoms with van der Waals surface area (Å²) in [6.45, 7) is 1.65. The molecule has 0 bridgehead atoms. The Labute approximate surface area is 119 Å². The normalized spacial score (nSPS) is 10.6. The molecule has 2 heteroatoms. The lowest BCUT2D eigenvalue weighted by atomic mass is 10.0. The summed E-state index contributed by atoms with van der Waals surface area (Å²) < 4.78 is 0. The molecule has 1 nitrogen and oxygen atoms in total. The number of ketones is 1. The highest BCUT2D eigenvalue weighted by Gasteiger charge is 2.14. The molecule has 0 atom stereocenters. The lowest BCUT2D eigenvalue weighted by Crippen LogP contribution is -2.00. The number of thioether (sulfide) groups is 1. The molecule has 0 saturated heterocycles. The van der Waals surface area contributed by atoms with E-state index in [1.165, 1.54) is 11.1 Å². The van der Waals surface area contributed by atoms with Crippen LogP contribution in [0, 0.1) is 0 Å². The monoisotopic (exact) mass is 270 g/mol. The summed E-state index contributed by atoms with van der Waals surface area (Å²) in [5, 5.41) is 0.307. The van der Waals surface area contributed by atoms with Crippen molar-refractivity contribution in [1.82, 2.24) is 0 Å². The molecule has 0 saturated carbocycles. The zero-order valence-corrected chi connectivity index (χ0v) is 11.9. The van der Waals surface area contributed by atoms with Gasteiger partial charge in [0.2, 0.25) is 0 Å². The van der Waals surface area contributed by atoms with Gasteiger partial charge in [-0.25, -0.2) is 0 Å². The van der Waals surface area contributed by atoms with Gasteiger partial charge in [0.05, 0.1) is 5.25 Å². The maximum Gasteiger partial charge on any atom is 0.130 e. The summed E-state index contributed by atoms with van der Waals surface area (Å²) in [4.78, 5) is 11.1. The third-order valence-electron chi connectivity index (χ3n) is 2.94. The molecule has 98 valence electrons. The molecular formula is C17H18OS. The zero-order chi connectivity index (χ0) is 13.5. The molecule has 0 heterocycles. The van der Waals surface area contributed by atoms with Gasteiger partial charge in [-0.2, -0.15) is 0 Å². The van der Waals surface area contributed by atoms with Crippen molar-refractivity contribution in [2.24, 2.45) is 0 Å². The number of carbonyl (C=O) groups is 1. The number of benzene rings is 2. The minimum Gasteiger partial charge on any atom is -0.300 e.